The van der Waals surface area contributed by atoms with Crippen molar-refractivity contribution in [2.75, 3.05) is 0 Å². The fourth-order valence-corrected chi connectivity index (χ4v) is 6.31. The molecule has 0 aliphatic heterocycles. The lowest BCUT2D eigenvalue weighted by Crippen LogP contribution is -2.18. The third-order valence-electron chi connectivity index (χ3n) is 8.57. The van der Waals surface area contributed by atoms with Crippen molar-refractivity contribution >= 4 is 0 Å². The highest BCUT2D eigenvalue weighted by Crippen LogP contribution is 2.42. The van der Waals surface area contributed by atoms with Crippen molar-refractivity contribution in [3.63, 3.8) is 0 Å². The SMILES string of the molecule is CCCCC1CCC(c2ccc(C(C)C3CCC(c4ccc(F)cc4)CC3)cc2)CC1. The first kappa shape index (κ1) is 22.6. The molecule has 2 aromatic rings. The van der Waals surface area contributed by atoms with Gasteiger partial charge in [0.2, 0.25) is 0 Å². The highest BCUT2D eigenvalue weighted by molar-refractivity contribution is 5.28. The van der Waals surface area contributed by atoms with E-state index in [4.69, 9.17) is 0 Å². The standard InChI is InChI=1S/C30H41F/c1-3-4-5-23-6-8-26(9-7-23)27-14-10-24(11-15-27)22(2)25-12-16-28(17-13-25)29-18-20-30(31)21-19-29/h10-11,14-15,18-23,25-26,28H,3-9,12-13,16-17H2,1-2H3. The summed E-state index contributed by atoms with van der Waals surface area (Å²) in [5.41, 5.74) is 4.41. The number of hydrogen-bond acceptors (Lipinski definition) is 0. The van der Waals surface area contributed by atoms with E-state index in [0.717, 1.165) is 17.8 Å². The van der Waals surface area contributed by atoms with Crippen molar-refractivity contribution in [3.05, 3.63) is 71.0 Å². The quantitative estimate of drug-likeness (QED) is 0.418. The molecular formula is C30H41F. The second kappa shape index (κ2) is 10.8. The van der Waals surface area contributed by atoms with Crippen molar-refractivity contribution in [3.8, 4) is 0 Å². The Kier molecular flexibility index (Phi) is 7.86. The van der Waals surface area contributed by atoms with E-state index in [1.807, 2.05) is 12.1 Å². The maximum absolute atomic E-state index is 13.2. The second-order valence-corrected chi connectivity index (χ2v) is 10.5. The zero-order chi connectivity index (χ0) is 21.6. The van der Waals surface area contributed by atoms with E-state index in [9.17, 15) is 4.39 Å². The van der Waals surface area contributed by atoms with Crippen LogP contribution in [0.1, 0.15) is 119 Å². The topological polar surface area (TPSA) is 0 Å². The van der Waals surface area contributed by atoms with E-state index in [1.54, 1.807) is 17.7 Å². The van der Waals surface area contributed by atoms with E-state index in [0.29, 0.717) is 11.8 Å². The summed E-state index contributed by atoms with van der Waals surface area (Å²) >= 11 is 0. The zero-order valence-corrected chi connectivity index (χ0v) is 19.7. The molecule has 0 N–H and O–H groups in total. The summed E-state index contributed by atoms with van der Waals surface area (Å²) in [4.78, 5) is 0. The van der Waals surface area contributed by atoms with Crippen LogP contribution >= 0.6 is 0 Å². The first-order chi connectivity index (χ1) is 15.1. The molecule has 0 bridgehead atoms. The molecule has 4 rings (SSSR count). The summed E-state index contributed by atoms with van der Waals surface area (Å²) in [6.07, 6.45) is 14.9. The molecule has 2 fully saturated rings. The predicted octanol–water partition coefficient (Wildman–Crippen LogP) is 9.37. The minimum absolute atomic E-state index is 0.126. The van der Waals surface area contributed by atoms with Crippen LogP contribution in [0.5, 0.6) is 0 Å². The molecule has 0 heterocycles. The first-order valence-corrected chi connectivity index (χ1v) is 13.0. The van der Waals surface area contributed by atoms with Gasteiger partial charge in [-0.05, 0) is 110 Å². The van der Waals surface area contributed by atoms with Gasteiger partial charge in [0.05, 0.1) is 0 Å². The number of halogens is 1. The molecule has 31 heavy (non-hydrogen) atoms. The van der Waals surface area contributed by atoms with Crippen LogP contribution in [-0.2, 0) is 0 Å². The molecular weight excluding hydrogens is 379 g/mol. The normalized spacial score (nSPS) is 27.7. The molecule has 0 radical (unpaired) electrons. The van der Waals surface area contributed by atoms with Gasteiger partial charge in [-0.1, -0.05) is 69.5 Å². The van der Waals surface area contributed by atoms with Crippen molar-refractivity contribution < 1.29 is 4.39 Å². The van der Waals surface area contributed by atoms with Crippen molar-refractivity contribution in [1.82, 2.24) is 0 Å². The van der Waals surface area contributed by atoms with Gasteiger partial charge < -0.3 is 0 Å². The Morgan fingerprint density at radius 3 is 1.81 bits per heavy atom. The van der Waals surface area contributed by atoms with E-state index < -0.39 is 0 Å². The van der Waals surface area contributed by atoms with Gasteiger partial charge in [0, 0.05) is 0 Å². The van der Waals surface area contributed by atoms with Crippen LogP contribution in [0, 0.1) is 17.7 Å². The minimum atomic E-state index is -0.126. The lowest BCUT2D eigenvalue weighted by molar-refractivity contribution is 0.290. The molecule has 0 aromatic heterocycles. The smallest absolute Gasteiger partial charge is 0.123 e. The third kappa shape index (κ3) is 5.79. The molecule has 1 atom stereocenters. The van der Waals surface area contributed by atoms with E-state index >= 15 is 0 Å². The largest absolute Gasteiger partial charge is 0.207 e. The first-order valence-electron chi connectivity index (χ1n) is 13.0. The Morgan fingerprint density at radius 2 is 1.26 bits per heavy atom. The fourth-order valence-electron chi connectivity index (χ4n) is 6.31. The molecule has 2 aliphatic carbocycles. The van der Waals surface area contributed by atoms with Gasteiger partial charge in [0.25, 0.3) is 0 Å². The number of rotatable bonds is 7. The maximum atomic E-state index is 13.2. The molecule has 2 aliphatic rings. The Hall–Kier alpha value is -1.63. The van der Waals surface area contributed by atoms with E-state index in [2.05, 4.69) is 38.1 Å². The third-order valence-corrected chi connectivity index (χ3v) is 8.57. The van der Waals surface area contributed by atoms with Gasteiger partial charge in [-0.2, -0.15) is 0 Å². The molecule has 0 spiro atoms. The number of benzene rings is 2. The Labute approximate surface area is 189 Å². The van der Waals surface area contributed by atoms with Gasteiger partial charge in [-0.3, -0.25) is 0 Å². The molecule has 1 heteroatoms. The monoisotopic (exact) mass is 420 g/mol. The molecule has 1 unspecified atom stereocenters. The van der Waals surface area contributed by atoms with Gasteiger partial charge >= 0.3 is 0 Å². The highest BCUT2D eigenvalue weighted by Gasteiger charge is 2.27. The molecule has 2 aromatic carbocycles. The Bertz CT molecular complexity index is 774. The van der Waals surface area contributed by atoms with Gasteiger partial charge in [0.1, 0.15) is 5.82 Å². The molecule has 0 nitrogen and oxygen atoms in total. The number of unbranched alkanes of at least 4 members (excludes halogenated alkanes) is 1. The molecule has 168 valence electrons. The summed E-state index contributed by atoms with van der Waals surface area (Å²) in [6.45, 7) is 4.74. The summed E-state index contributed by atoms with van der Waals surface area (Å²) in [7, 11) is 0. The average molecular weight is 421 g/mol. The summed E-state index contributed by atoms with van der Waals surface area (Å²) in [6, 6.07) is 16.9. The predicted molar refractivity (Wildman–Crippen MR) is 130 cm³/mol. The van der Waals surface area contributed by atoms with Gasteiger partial charge in [0.15, 0.2) is 0 Å². The minimum Gasteiger partial charge on any atom is -0.207 e. The average Bonchev–Trinajstić information content (AvgIpc) is 2.83. The van der Waals surface area contributed by atoms with Crippen LogP contribution in [-0.4, -0.2) is 0 Å². The van der Waals surface area contributed by atoms with Crippen LogP contribution < -0.4 is 0 Å². The lowest BCUT2D eigenvalue weighted by Gasteiger charge is -2.33. The summed E-state index contributed by atoms with van der Waals surface area (Å²) in [5, 5.41) is 0. The van der Waals surface area contributed by atoms with Crippen LogP contribution in [0.25, 0.3) is 0 Å². The van der Waals surface area contributed by atoms with Crippen LogP contribution in [0.2, 0.25) is 0 Å². The van der Waals surface area contributed by atoms with Crippen molar-refractivity contribution in [2.45, 2.75) is 102 Å². The van der Waals surface area contributed by atoms with Crippen LogP contribution in [0.4, 0.5) is 4.39 Å². The number of hydrogen-bond donors (Lipinski definition) is 0. The van der Waals surface area contributed by atoms with Crippen molar-refractivity contribution in [2.24, 2.45) is 11.8 Å². The van der Waals surface area contributed by atoms with Gasteiger partial charge in [-0.25, -0.2) is 4.39 Å². The fraction of sp³-hybridized carbons (Fsp3) is 0.600. The maximum Gasteiger partial charge on any atom is 0.123 e. The summed E-state index contributed by atoms with van der Waals surface area (Å²) < 4.78 is 13.2. The Balaban J connectivity index is 1.28. The molecule has 2 saturated carbocycles. The van der Waals surface area contributed by atoms with Crippen LogP contribution in [0.3, 0.4) is 0 Å². The van der Waals surface area contributed by atoms with Crippen molar-refractivity contribution in [1.29, 1.82) is 0 Å². The van der Waals surface area contributed by atoms with Gasteiger partial charge in [-0.15, -0.1) is 0 Å². The molecule has 0 saturated heterocycles. The van der Waals surface area contributed by atoms with E-state index in [-0.39, 0.29) is 5.82 Å². The zero-order valence-electron chi connectivity index (χ0n) is 19.7. The lowest BCUT2D eigenvalue weighted by atomic mass is 9.72. The van der Waals surface area contributed by atoms with Crippen LogP contribution in [0.15, 0.2) is 48.5 Å². The highest BCUT2D eigenvalue weighted by atomic mass is 19.1. The molecule has 0 amide bonds. The van der Waals surface area contributed by atoms with E-state index in [1.165, 1.54) is 81.8 Å². The summed E-state index contributed by atoms with van der Waals surface area (Å²) in [5.74, 6) is 3.66. The Morgan fingerprint density at radius 1 is 0.742 bits per heavy atom. The second-order valence-electron chi connectivity index (χ2n) is 10.5.